The van der Waals surface area contributed by atoms with Crippen molar-refractivity contribution >= 4 is 5.97 Å². The van der Waals surface area contributed by atoms with Gasteiger partial charge in [-0.2, -0.15) is 0 Å². The summed E-state index contributed by atoms with van der Waals surface area (Å²) in [4.78, 5) is 14.7. The summed E-state index contributed by atoms with van der Waals surface area (Å²) in [5.41, 5.74) is -1.99. The summed E-state index contributed by atoms with van der Waals surface area (Å²) < 4.78 is 35.5. The van der Waals surface area contributed by atoms with Crippen molar-refractivity contribution in [3.63, 3.8) is 0 Å². The Balaban J connectivity index is 1.01. The molecule has 0 amide bonds. The van der Waals surface area contributed by atoms with Crippen molar-refractivity contribution in [2.45, 2.75) is 211 Å². The maximum atomic E-state index is 14.7. The van der Waals surface area contributed by atoms with E-state index in [-0.39, 0.29) is 34.5 Å². The molecule has 67 heavy (non-hydrogen) atoms. The highest BCUT2D eigenvalue weighted by Gasteiger charge is 2.72. The molecule has 0 aromatic rings. The molecule has 3 heterocycles. The highest BCUT2D eigenvalue weighted by molar-refractivity contribution is 5.80. The fourth-order valence-electron chi connectivity index (χ4n) is 15.1. The third-order valence-electron chi connectivity index (χ3n) is 19.3. The lowest BCUT2D eigenvalue weighted by molar-refractivity contribution is -0.368. The molecule has 0 unspecified atom stereocenters. The van der Waals surface area contributed by atoms with Gasteiger partial charge in [-0.05, 0) is 103 Å². The molecule has 12 N–H and O–H groups in total. The second-order valence-corrected chi connectivity index (χ2v) is 23.6. The number of rotatable bonds is 9. The zero-order valence-corrected chi connectivity index (χ0v) is 39.8. The van der Waals surface area contributed by atoms with Crippen LogP contribution in [0.15, 0.2) is 11.6 Å². The molecule has 0 spiro atoms. The summed E-state index contributed by atoms with van der Waals surface area (Å²) in [6.07, 6.45) is -17.4. The van der Waals surface area contributed by atoms with E-state index in [2.05, 4.69) is 54.5 Å². The minimum Gasteiger partial charge on any atom is -0.432 e. The lowest BCUT2D eigenvalue weighted by atomic mass is 9.33. The van der Waals surface area contributed by atoms with E-state index in [1.165, 1.54) is 0 Å². The summed E-state index contributed by atoms with van der Waals surface area (Å²) in [5, 5.41) is 128. The third kappa shape index (κ3) is 8.01. The molecule has 3 aliphatic heterocycles. The van der Waals surface area contributed by atoms with Gasteiger partial charge in [0.05, 0.1) is 32.0 Å². The van der Waals surface area contributed by atoms with Crippen LogP contribution in [0, 0.1) is 50.2 Å². The van der Waals surface area contributed by atoms with Gasteiger partial charge in [-0.25, -0.2) is 0 Å². The second-order valence-electron chi connectivity index (χ2n) is 23.6. The number of fused-ring (bicyclic) bond motifs is 7. The second kappa shape index (κ2) is 18.2. The van der Waals surface area contributed by atoms with Crippen LogP contribution in [0.5, 0.6) is 0 Å². The number of aliphatic hydroxyl groups excluding tert-OH is 12. The number of carbonyl (C=O) groups is 1. The minimum atomic E-state index is -1.79. The van der Waals surface area contributed by atoms with Crippen molar-refractivity contribution in [3.05, 3.63) is 11.6 Å². The molecule has 8 aliphatic rings. The SMILES string of the molecule is CC1(C)CC[C@]2(C(=O)O[C@@H]3O[C@H](CO)[C@@H](O)[C@H](O)[C@H]3O)[C@H](O)C[C@]3(C)C(=CC[C@@H]4[C@@]5(C)CC[C@H](O[C@@H]6O[C@H](CO)[C@@H](O[C@@H]7O[C@H](CO)[C@@H](O)[C@H](O)[C@H]7O)[C@H](O)[C@H]6O)C(C)(C)[C@@H]5CC[C@]43C)[C@@H]2C1. The lowest BCUT2D eigenvalue weighted by Gasteiger charge is -2.71. The third-order valence-corrected chi connectivity index (χ3v) is 19.3. The Hall–Kier alpha value is -1.47. The van der Waals surface area contributed by atoms with Gasteiger partial charge in [-0.3, -0.25) is 4.79 Å². The smallest absolute Gasteiger partial charge is 0.317 e. The van der Waals surface area contributed by atoms with Gasteiger partial charge in [0.1, 0.15) is 78.7 Å². The van der Waals surface area contributed by atoms with Crippen LogP contribution in [0.2, 0.25) is 0 Å². The molecule has 0 aromatic heterocycles. The zero-order chi connectivity index (χ0) is 49.1. The van der Waals surface area contributed by atoms with Crippen molar-refractivity contribution in [1.29, 1.82) is 0 Å². The van der Waals surface area contributed by atoms with Gasteiger partial charge in [-0.1, -0.05) is 60.1 Å². The normalized spacial score (nSPS) is 53.8. The molecule has 8 rings (SSSR count). The molecule has 7 fully saturated rings. The first-order chi connectivity index (χ1) is 31.3. The first-order valence-electron chi connectivity index (χ1n) is 24.4. The van der Waals surface area contributed by atoms with Gasteiger partial charge in [0.2, 0.25) is 6.29 Å². The molecule has 0 bridgehead atoms. The number of esters is 1. The molecule has 24 atom stereocenters. The van der Waals surface area contributed by atoms with Crippen LogP contribution in [-0.2, 0) is 33.2 Å². The maximum absolute atomic E-state index is 14.7. The monoisotopic (exact) mass is 959 g/mol. The Kier molecular flexibility index (Phi) is 14.1. The van der Waals surface area contributed by atoms with E-state index in [0.717, 1.165) is 31.3 Å². The van der Waals surface area contributed by atoms with Crippen molar-refractivity contribution in [1.82, 2.24) is 0 Å². The predicted octanol–water partition coefficient (Wildman–Crippen LogP) is -0.889. The Morgan fingerprint density at radius 3 is 1.78 bits per heavy atom. The molecule has 0 aromatic carbocycles. The quantitative estimate of drug-likeness (QED) is 0.0758. The standard InChI is InChI=1S/C48H78O19/c1-43(2)14-15-48(42(61)67-41-36(59)33(56)31(54)24(19-50)63-41)22(16-43)21-8-9-27-45(5)12-11-29(44(3,4)26(45)10-13-46(27,6)47(21,7)17-28(48)52)65-39-37(60)34(57)38(25(20-51)64-39)66-40-35(58)32(55)30(53)23(18-49)62-40/h8,22-41,49-60H,9-20H2,1-7H3/t22-,23+,24+,25+,26-,27+,28+,29-,30+,31+,32-,33-,34+,35+,36+,37+,38+,39-,40-,41-,45-,46+,47+,48+/m0/s1. The molecule has 384 valence electrons. The molecule has 4 saturated carbocycles. The topological polar surface area (TPSA) is 315 Å². The molecule has 3 saturated heterocycles. The molecular formula is C48H78O19. The van der Waals surface area contributed by atoms with Crippen molar-refractivity contribution < 1.29 is 94.5 Å². The molecule has 19 nitrogen and oxygen atoms in total. The van der Waals surface area contributed by atoms with Crippen LogP contribution in [0.3, 0.4) is 0 Å². The van der Waals surface area contributed by atoms with E-state index in [1.54, 1.807) is 0 Å². The van der Waals surface area contributed by atoms with Crippen LogP contribution >= 0.6 is 0 Å². The molecular weight excluding hydrogens is 881 g/mol. The van der Waals surface area contributed by atoms with Crippen molar-refractivity contribution in [2.75, 3.05) is 19.8 Å². The van der Waals surface area contributed by atoms with Gasteiger partial charge in [0.25, 0.3) is 0 Å². The van der Waals surface area contributed by atoms with E-state index < -0.39 is 152 Å². The lowest BCUT2D eigenvalue weighted by Crippen LogP contribution is -2.68. The van der Waals surface area contributed by atoms with Gasteiger partial charge in [0, 0.05) is 0 Å². The summed E-state index contributed by atoms with van der Waals surface area (Å²) in [5.74, 6) is -0.875. The van der Waals surface area contributed by atoms with Crippen LogP contribution in [0.1, 0.15) is 106 Å². The van der Waals surface area contributed by atoms with E-state index in [0.29, 0.717) is 25.7 Å². The van der Waals surface area contributed by atoms with Crippen LogP contribution in [0.25, 0.3) is 0 Å². The Labute approximate surface area is 392 Å². The minimum absolute atomic E-state index is 0.117. The average Bonchev–Trinajstić information content (AvgIpc) is 3.27. The van der Waals surface area contributed by atoms with E-state index in [4.69, 9.17) is 28.4 Å². The van der Waals surface area contributed by atoms with Crippen LogP contribution in [0.4, 0.5) is 0 Å². The zero-order valence-electron chi connectivity index (χ0n) is 39.8. The fourth-order valence-corrected chi connectivity index (χ4v) is 15.1. The average molecular weight is 959 g/mol. The first-order valence-corrected chi connectivity index (χ1v) is 24.4. The summed E-state index contributed by atoms with van der Waals surface area (Å²) >= 11 is 0. The van der Waals surface area contributed by atoms with Gasteiger partial charge in [0.15, 0.2) is 12.6 Å². The predicted molar refractivity (Wildman–Crippen MR) is 232 cm³/mol. The van der Waals surface area contributed by atoms with Gasteiger partial charge in [-0.15, -0.1) is 0 Å². The summed E-state index contributed by atoms with van der Waals surface area (Å²) in [6.45, 7) is 13.5. The highest BCUT2D eigenvalue weighted by Crippen LogP contribution is 2.76. The van der Waals surface area contributed by atoms with Crippen molar-refractivity contribution in [3.8, 4) is 0 Å². The summed E-state index contributed by atoms with van der Waals surface area (Å²) in [6, 6.07) is 0. The van der Waals surface area contributed by atoms with Crippen LogP contribution in [-0.4, -0.2) is 191 Å². The van der Waals surface area contributed by atoms with Gasteiger partial charge >= 0.3 is 5.97 Å². The first kappa shape index (κ1) is 51.9. The number of hydrogen-bond acceptors (Lipinski definition) is 19. The molecule has 0 radical (unpaired) electrons. The van der Waals surface area contributed by atoms with Gasteiger partial charge < -0.3 is 89.7 Å². The number of ether oxygens (including phenoxy) is 6. The van der Waals surface area contributed by atoms with E-state index >= 15 is 0 Å². The Morgan fingerprint density at radius 1 is 0.612 bits per heavy atom. The molecule has 5 aliphatic carbocycles. The Bertz CT molecular complexity index is 1830. The number of carbonyl (C=O) groups excluding carboxylic acids is 1. The number of hydrogen-bond donors (Lipinski definition) is 12. The molecule has 19 heteroatoms. The Morgan fingerprint density at radius 2 is 1.16 bits per heavy atom. The van der Waals surface area contributed by atoms with Crippen molar-refractivity contribution in [2.24, 2.45) is 50.2 Å². The number of aliphatic hydroxyl groups is 12. The fraction of sp³-hybridized carbons (Fsp3) is 0.938. The number of allylic oxidation sites excluding steroid dienone is 2. The van der Waals surface area contributed by atoms with E-state index in [9.17, 15) is 66.1 Å². The maximum Gasteiger partial charge on any atom is 0.317 e. The summed E-state index contributed by atoms with van der Waals surface area (Å²) in [7, 11) is 0. The van der Waals surface area contributed by atoms with Crippen LogP contribution < -0.4 is 0 Å². The highest BCUT2D eigenvalue weighted by atomic mass is 16.7. The largest absolute Gasteiger partial charge is 0.432 e. The van der Waals surface area contributed by atoms with E-state index in [1.807, 2.05) is 0 Å².